The van der Waals surface area contributed by atoms with Crippen LogP contribution in [0.3, 0.4) is 0 Å². The Morgan fingerprint density at radius 3 is 2.88 bits per heavy atom. The third kappa shape index (κ3) is 2.20. The van der Waals surface area contributed by atoms with Gasteiger partial charge in [-0.3, -0.25) is 4.90 Å². The molecule has 0 bridgehead atoms. The van der Waals surface area contributed by atoms with Gasteiger partial charge >= 0.3 is 0 Å². The maximum atomic E-state index is 5.62. The summed E-state index contributed by atoms with van der Waals surface area (Å²) in [5, 5.41) is 3.31. The first-order chi connectivity index (χ1) is 7.72. The monoisotopic (exact) mass is 220 g/mol. The summed E-state index contributed by atoms with van der Waals surface area (Å²) in [4.78, 5) is 2.17. The zero-order valence-electron chi connectivity index (χ0n) is 10.3. The molecule has 3 nitrogen and oxygen atoms in total. The Balaban J connectivity index is 2.28. The van der Waals surface area contributed by atoms with Crippen molar-refractivity contribution in [2.45, 2.75) is 19.0 Å². The summed E-state index contributed by atoms with van der Waals surface area (Å²) in [7, 11) is 6.15. The highest BCUT2D eigenvalue weighted by Crippen LogP contribution is 2.28. The minimum atomic E-state index is 0.271. The van der Waals surface area contributed by atoms with Gasteiger partial charge in [-0.2, -0.15) is 0 Å². The summed E-state index contributed by atoms with van der Waals surface area (Å²) in [6.45, 7) is 0.857. The largest absolute Gasteiger partial charge is 0.493 e. The summed E-state index contributed by atoms with van der Waals surface area (Å²) in [5.41, 5.74) is 2.64. The highest BCUT2D eigenvalue weighted by molar-refractivity contribution is 5.39. The third-order valence-electron chi connectivity index (χ3n) is 3.04. The van der Waals surface area contributed by atoms with Gasteiger partial charge in [0.2, 0.25) is 0 Å². The van der Waals surface area contributed by atoms with Crippen molar-refractivity contribution in [2.24, 2.45) is 0 Å². The maximum absolute atomic E-state index is 5.62. The Bertz CT molecular complexity index is 363. The van der Waals surface area contributed by atoms with Crippen LogP contribution in [-0.2, 0) is 6.42 Å². The van der Waals surface area contributed by atoms with Gasteiger partial charge in [0, 0.05) is 0 Å². The predicted octanol–water partition coefficient (Wildman–Crippen LogP) is 1.79. The minimum absolute atomic E-state index is 0.271. The quantitative estimate of drug-likeness (QED) is 0.786. The number of ether oxygens (including phenoxy) is 1. The third-order valence-corrected chi connectivity index (χ3v) is 3.04. The zero-order valence-corrected chi connectivity index (χ0v) is 10.3. The molecule has 1 aliphatic heterocycles. The number of hydrogen-bond donors (Lipinski definition) is 1. The molecule has 2 rings (SSSR count). The molecule has 1 heterocycles. The van der Waals surface area contributed by atoms with E-state index in [-0.39, 0.29) is 6.17 Å². The normalized spacial score (nSPS) is 16.8. The summed E-state index contributed by atoms with van der Waals surface area (Å²) < 4.78 is 5.62. The van der Waals surface area contributed by atoms with Crippen LogP contribution < -0.4 is 10.1 Å². The van der Waals surface area contributed by atoms with E-state index in [0.29, 0.717) is 0 Å². The van der Waals surface area contributed by atoms with E-state index in [9.17, 15) is 0 Å². The molecule has 1 aromatic carbocycles. The van der Waals surface area contributed by atoms with Crippen LogP contribution in [0.1, 0.15) is 23.7 Å². The van der Waals surface area contributed by atoms with E-state index in [4.69, 9.17) is 4.74 Å². The molecule has 0 radical (unpaired) electrons. The van der Waals surface area contributed by atoms with Crippen molar-refractivity contribution in [3.8, 4) is 5.75 Å². The van der Waals surface area contributed by atoms with Crippen LogP contribution in [0.15, 0.2) is 18.2 Å². The molecule has 1 aliphatic rings. The van der Waals surface area contributed by atoms with Gasteiger partial charge in [-0.25, -0.2) is 0 Å². The van der Waals surface area contributed by atoms with Crippen molar-refractivity contribution >= 4 is 0 Å². The number of nitrogens with zero attached hydrogens (tertiary/aromatic N) is 1. The Kier molecular flexibility index (Phi) is 3.46. The van der Waals surface area contributed by atoms with Gasteiger partial charge in [-0.05, 0) is 57.2 Å². The standard InChI is InChI=1S/C13H20N2O/c1-14-13(15(2)3)11-6-7-12-10(9-11)5-4-8-16-12/h6-7,9,13-14H,4-5,8H2,1-3H3. The summed E-state index contributed by atoms with van der Waals surface area (Å²) in [6, 6.07) is 6.50. The summed E-state index contributed by atoms with van der Waals surface area (Å²) >= 11 is 0. The molecule has 0 fully saturated rings. The van der Waals surface area contributed by atoms with Gasteiger partial charge < -0.3 is 10.1 Å². The Labute approximate surface area is 97.4 Å². The molecule has 16 heavy (non-hydrogen) atoms. The SMILES string of the molecule is CNC(c1ccc2c(c1)CCCO2)N(C)C. The fraction of sp³-hybridized carbons (Fsp3) is 0.538. The number of hydrogen-bond acceptors (Lipinski definition) is 3. The molecule has 0 spiro atoms. The van der Waals surface area contributed by atoms with E-state index in [1.165, 1.54) is 11.1 Å². The van der Waals surface area contributed by atoms with E-state index >= 15 is 0 Å². The lowest BCUT2D eigenvalue weighted by atomic mass is 10.0. The van der Waals surface area contributed by atoms with E-state index in [1.54, 1.807) is 0 Å². The zero-order chi connectivity index (χ0) is 11.5. The van der Waals surface area contributed by atoms with E-state index in [0.717, 1.165) is 25.2 Å². The van der Waals surface area contributed by atoms with Crippen molar-refractivity contribution in [1.82, 2.24) is 10.2 Å². The molecule has 3 heteroatoms. The Morgan fingerprint density at radius 1 is 1.38 bits per heavy atom. The van der Waals surface area contributed by atoms with Gasteiger partial charge in [-0.15, -0.1) is 0 Å². The van der Waals surface area contributed by atoms with E-state index in [2.05, 4.69) is 42.5 Å². The topological polar surface area (TPSA) is 24.5 Å². The number of nitrogens with one attached hydrogen (secondary N) is 1. The molecule has 1 aromatic rings. The van der Waals surface area contributed by atoms with Crippen LogP contribution >= 0.6 is 0 Å². The van der Waals surface area contributed by atoms with Crippen molar-refractivity contribution in [1.29, 1.82) is 0 Å². The molecular formula is C13H20N2O. The fourth-order valence-electron chi connectivity index (χ4n) is 2.27. The summed E-state index contributed by atoms with van der Waals surface area (Å²) in [5.74, 6) is 1.06. The minimum Gasteiger partial charge on any atom is -0.493 e. The van der Waals surface area contributed by atoms with Gasteiger partial charge in [0.15, 0.2) is 0 Å². The lowest BCUT2D eigenvalue weighted by Crippen LogP contribution is -2.30. The molecule has 0 saturated carbocycles. The van der Waals surface area contributed by atoms with E-state index in [1.807, 2.05) is 7.05 Å². The van der Waals surface area contributed by atoms with Gasteiger partial charge in [0.25, 0.3) is 0 Å². The first-order valence-electron chi connectivity index (χ1n) is 5.81. The second kappa shape index (κ2) is 4.85. The highest BCUT2D eigenvalue weighted by Gasteiger charge is 2.15. The lowest BCUT2D eigenvalue weighted by Gasteiger charge is -2.26. The molecule has 1 unspecified atom stereocenters. The van der Waals surface area contributed by atoms with Crippen molar-refractivity contribution in [3.05, 3.63) is 29.3 Å². The van der Waals surface area contributed by atoms with Crippen molar-refractivity contribution in [3.63, 3.8) is 0 Å². The summed E-state index contributed by atoms with van der Waals surface area (Å²) in [6.07, 6.45) is 2.53. The smallest absolute Gasteiger partial charge is 0.122 e. The molecule has 0 amide bonds. The molecule has 0 aromatic heterocycles. The van der Waals surface area contributed by atoms with Crippen LogP contribution in [-0.4, -0.2) is 32.6 Å². The highest BCUT2D eigenvalue weighted by atomic mass is 16.5. The van der Waals surface area contributed by atoms with Crippen molar-refractivity contribution < 1.29 is 4.74 Å². The van der Waals surface area contributed by atoms with Crippen LogP contribution in [0.25, 0.3) is 0 Å². The molecule has 1 N–H and O–H groups in total. The predicted molar refractivity (Wildman–Crippen MR) is 65.7 cm³/mol. The molecule has 1 atom stereocenters. The Morgan fingerprint density at radius 2 is 2.19 bits per heavy atom. The van der Waals surface area contributed by atoms with Crippen molar-refractivity contribution in [2.75, 3.05) is 27.7 Å². The first kappa shape index (κ1) is 11.4. The van der Waals surface area contributed by atoms with Crippen LogP contribution in [0.4, 0.5) is 0 Å². The van der Waals surface area contributed by atoms with Crippen LogP contribution in [0.5, 0.6) is 5.75 Å². The molecule has 0 aliphatic carbocycles. The molecule has 0 saturated heterocycles. The van der Waals surface area contributed by atoms with Gasteiger partial charge in [-0.1, -0.05) is 6.07 Å². The Hall–Kier alpha value is -1.06. The average Bonchev–Trinajstić information content (AvgIpc) is 2.29. The average molecular weight is 220 g/mol. The number of aryl methyl sites for hydroxylation is 1. The number of benzene rings is 1. The van der Waals surface area contributed by atoms with Gasteiger partial charge in [0.1, 0.15) is 5.75 Å². The van der Waals surface area contributed by atoms with Gasteiger partial charge in [0.05, 0.1) is 12.8 Å². The molecular weight excluding hydrogens is 200 g/mol. The number of rotatable bonds is 3. The molecule has 88 valence electrons. The number of fused-ring (bicyclic) bond motifs is 1. The second-order valence-corrected chi connectivity index (χ2v) is 4.47. The fourth-order valence-corrected chi connectivity index (χ4v) is 2.27. The first-order valence-corrected chi connectivity index (χ1v) is 5.81. The lowest BCUT2D eigenvalue weighted by molar-refractivity contribution is 0.262. The van der Waals surface area contributed by atoms with Crippen LogP contribution in [0, 0.1) is 0 Å². The van der Waals surface area contributed by atoms with Crippen LogP contribution in [0.2, 0.25) is 0 Å². The second-order valence-electron chi connectivity index (χ2n) is 4.47. The van der Waals surface area contributed by atoms with E-state index < -0.39 is 0 Å². The maximum Gasteiger partial charge on any atom is 0.122 e.